The van der Waals surface area contributed by atoms with Gasteiger partial charge in [0, 0.05) is 32.6 Å². The van der Waals surface area contributed by atoms with E-state index in [2.05, 4.69) is 30.0 Å². The lowest BCUT2D eigenvalue weighted by Crippen LogP contribution is -2.22. The number of hydrogen-bond acceptors (Lipinski definition) is 4. The first-order chi connectivity index (χ1) is 10.9. The number of ether oxygens (including phenoxy) is 1. The highest BCUT2D eigenvalue weighted by molar-refractivity contribution is 5.97. The number of nitrogens with zero attached hydrogens (tertiary/aromatic N) is 1. The van der Waals surface area contributed by atoms with Crippen molar-refractivity contribution in [2.75, 3.05) is 13.1 Å². The van der Waals surface area contributed by atoms with Crippen molar-refractivity contribution < 1.29 is 9.53 Å². The van der Waals surface area contributed by atoms with E-state index in [1.807, 2.05) is 41.5 Å². The first-order valence-electron chi connectivity index (χ1n) is 8.22. The molecule has 1 atom stereocenters. The summed E-state index contributed by atoms with van der Waals surface area (Å²) in [5.41, 5.74) is 1.67. The summed E-state index contributed by atoms with van der Waals surface area (Å²) in [6, 6.07) is 0. The van der Waals surface area contributed by atoms with Crippen molar-refractivity contribution in [3.63, 3.8) is 0 Å². The maximum atomic E-state index is 11.7. The highest BCUT2D eigenvalue weighted by atomic mass is 16.5. The molecule has 23 heavy (non-hydrogen) atoms. The van der Waals surface area contributed by atoms with Crippen LogP contribution in [-0.2, 0) is 9.53 Å². The Bertz CT molecular complexity index is 385. The molecule has 0 rings (SSSR count). The minimum atomic E-state index is -0.105. The molecule has 0 aromatic rings. The lowest BCUT2D eigenvalue weighted by Gasteiger charge is -2.18. The number of nitrogens with one attached hydrogen (secondary N) is 1. The number of Topliss-reactive ketones (excluding diaryl/α,β-unsaturated/α-hetero) is 1. The number of allylic oxidation sites excluding steroid dienone is 2. The largest absolute Gasteiger partial charge is 0.484 e. The van der Waals surface area contributed by atoms with E-state index < -0.39 is 0 Å². The molecule has 0 aromatic carbocycles. The predicted molar refractivity (Wildman–Crippen MR) is 103 cm³/mol. The molecular formula is C19H36N2O2. The van der Waals surface area contributed by atoms with Crippen LogP contribution in [0.15, 0.2) is 41.8 Å². The van der Waals surface area contributed by atoms with Crippen molar-refractivity contribution in [1.82, 2.24) is 5.32 Å². The summed E-state index contributed by atoms with van der Waals surface area (Å²) < 4.78 is 5.75. The highest BCUT2D eigenvalue weighted by Crippen LogP contribution is 2.13. The van der Waals surface area contributed by atoms with Gasteiger partial charge in [-0.2, -0.15) is 0 Å². The zero-order chi connectivity index (χ0) is 18.8. The molecule has 1 N–H and O–H groups in total. The Morgan fingerprint density at radius 3 is 2.13 bits per heavy atom. The van der Waals surface area contributed by atoms with Crippen LogP contribution in [0, 0.1) is 0 Å². The normalized spacial score (nSPS) is 12.0. The fraction of sp³-hybridized carbons (Fsp3) is 0.579. The van der Waals surface area contributed by atoms with E-state index in [0.717, 1.165) is 12.0 Å². The monoisotopic (exact) mass is 324 g/mol. The second kappa shape index (κ2) is 18.2. The number of hydrogen-bond donors (Lipinski definition) is 1. The van der Waals surface area contributed by atoms with E-state index in [4.69, 9.17) is 4.74 Å². The molecule has 0 saturated carbocycles. The Morgan fingerprint density at radius 1 is 1.26 bits per heavy atom. The Hall–Kier alpha value is -1.84. The predicted octanol–water partition coefficient (Wildman–Crippen LogP) is 4.69. The smallest absolute Gasteiger partial charge is 0.196 e. The quantitative estimate of drug-likeness (QED) is 0.290. The van der Waals surface area contributed by atoms with Gasteiger partial charge in [0.1, 0.15) is 0 Å². The Kier molecular flexibility index (Phi) is 20.6. The molecule has 0 aliphatic heterocycles. The molecule has 0 bridgehead atoms. The molecule has 0 spiro atoms. The van der Waals surface area contributed by atoms with E-state index in [1.165, 1.54) is 6.92 Å². The van der Waals surface area contributed by atoms with Crippen molar-refractivity contribution in [3.8, 4) is 0 Å². The molecule has 0 aliphatic carbocycles. The number of rotatable bonds is 9. The summed E-state index contributed by atoms with van der Waals surface area (Å²) in [6.45, 7) is 24.5. The molecule has 0 saturated heterocycles. The van der Waals surface area contributed by atoms with Gasteiger partial charge in [-0.05, 0) is 27.7 Å². The average Bonchev–Trinajstić information content (AvgIpc) is 2.52. The maximum absolute atomic E-state index is 11.7. The van der Waals surface area contributed by atoms with Gasteiger partial charge in [-0.1, -0.05) is 19.4 Å². The third kappa shape index (κ3) is 14.8. The van der Waals surface area contributed by atoms with Gasteiger partial charge in [-0.3, -0.25) is 9.79 Å². The molecule has 0 aliphatic rings. The second-order valence-electron chi connectivity index (χ2n) is 4.55. The second-order valence-corrected chi connectivity index (χ2v) is 4.55. The van der Waals surface area contributed by atoms with Gasteiger partial charge in [-0.15, -0.1) is 19.7 Å². The fourth-order valence-electron chi connectivity index (χ4n) is 1.63. The van der Waals surface area contributed by atoms with Crippen LogP contribution < -0.4 is 5.32 Å². The SMILES string of the molecule is C=C.C=C(C)CC(C)O/C(C(C)=O)=C(/C=NCC)NCC.CC. The summed E-state index contributed by atoms with van der Waals surface area (Å²) in [5, 5.41) is 3.12. The third-order valence-electron chi connectivity index (χ3n) is 2.29. The summed E-state index contributed by atoms with van der Waals surface area (Å²) >= 11 is 0. The van der Waals surface area contributed by atoms with Crippen molar-refractivity contribution in [1.29, 1.82) is 0 Å². The van der Waals surface area contributed by atoms with Gasteiger partial charge in [0.15, 0.2) is 11.5 Å². The highest BCUT2D eigenvalue weighted by Gasteiger charge is 2.15. The van der Waals surface area contributed by atoms with E-state index in [0.29, 0.717) is 24.5 Å². The third-order valence-corrected chi connectivity index (χ3v) is 2.29. The minimum Gasteiger partial charge on any atom is -0.484 e. The molecule has 4 nitrogen and oxygen atoms in total. The topological polar surface area (TPSA) is 50.7 Å². The minimum absolute atomic E-state index is 0.0833. The lowest BCUT2D eigenvalue weighted by molar-refractivity contribution is -0.117. The molecule has 0 amide bonds. The van der Waals surface area contributed by atoms with Crippen LogP contribution in [0.4, 0.5) is 0 Å². The maximum Gasteiger partial charge on any atom is 0.196 e. The number of aliphatic imine (C=N–C) groups is 1. The van der Waals surface area contributed by atoms with Crippen molar-refractivity contribution in [2.24, 2.45) is 4.99 Å². The summed E-state index contributed by atoms with van der Waals surface area (Å²) in [7, 11) is 0. The summed E-state index contributed by atoms with van der Waals surface area (Å²) in [5.74, 6) is 0.236. The molecule has 0 radical (unpaired) electrons. The number of ketones is 1. The Balaban J connectivity index is -0.000000919. The van der Waals surface area contributed by atoms with Gasteiger partial charge < -0.3 is 10.1 Å². The van der Waals surface area contributed by atoms with Crippen LogP contribution in [0.2, 0.25) is 0 Å². The van der Waals surface area contributed by atoms with Crippen molar-refractivity contribution >= 4 is 12.0 Å². The molecule has 134 valence electrons. The first-order valence-corrected chi connectivity index (χ1v) is 8.22. The van der Waals surface area contributed by atoms with Gasteiger partial charge in [0.25, 0.3) is 0 Å². The van der Waals surface area contributed by atoms with E-state index in [-0.39, 0.29) is 11.9 Å². The number of carbonyl (C=O) groups excluding carboxylic acids is 1. The average molecular weight is 325 g/mol. The zero-order valence-corrected chi connectivity index (χ0v) is 16.2. The van der Waals surface area contributed by atoms with Crippen LogP contribution in [0.1, 0.15) is 54.9 Å². The zero-order valence-electron chi connectivity index (χ0n) is 16.2. The van der Waals surface area contributed by atoms with Crippen LogP contribution in [-0.4, -0.2) is 31.2 Å². The van der Waals surface area contributed by atoms with E-state index in [9.17, 15) is 4.79 Å². The fourth-order valence-corrected chi connectivity index (χ4v) is 1.63. The molecule has 0 heterocycles. The van der Waals surface area contributed by atoms with Crippen molar-refractivity contribution in [2.45, 2.75) is 61.0 Å². The van der Waals surface area contributed by atoms with Crippen LogP contribution in [0.5, 0.6) is 0 Å². The summed E-state index contributed by atoms with van der Waals surface area (Å²) in [6.07, 6.45) is 2.30. The van der Waals surface area contributed by atoms with Crippen LogP contribution in [0.3, 0.4) is 0 Å². The molecule has 1 unspecified atom stereocenters. The van der Waals surface area contributed by atoms with Gasteiger partial charge in [0.05, 0.1) is 11.8 Å². The van der Waals surface area contributed by atoms with Crippen molar-refractivity contribution in [3.05, 3.63) is 36.8 Å². The summed E-state index contributed by atoms with van der Waals surface area (Å²) in [4.78, 5) is 15.9. The van der Waals surface area contributed by atoms with Gasteiger partial charge in [-0.25, -0.2) is 0 Å². The van der Waals surface area contributed by atoms with E-state index >= 15 is 0 Å². The lowest BCUT2D eigenvalue weighted by atomic mass is 10.1. The van der Waals surface area contributed by atoms with Crippen LogP contribution in [0.25, 0.3) is 0 Å². The molecule has 4 heteroatoms. The first kappa shape index (κ1) is 26.1. The molecular weight excluding hydrogens is 288 g/mol. The van der Waals surface area contributed by atoms with Gasteiger partial charge >= 0.3 is 0 Å². The van der Waals surface area contributed by atoms with E-state index in [1.54, 1.807) is 6.21 Å². The molecule has 0 fully saturated rings. The van der Waals surface area contributed by atoms with Gasteiger partial charge in [0.2, 0.25) is 0 Å². The number of carbonyl (C=O) groups is 1. The van der Waals surface area contributed by atoms with Crippen LogP contribution >= 0.6 is 0 Å². The molecule has 0 aromatic heterocycles. The standard InChI is InChI=1S/C15H26N2O2.C2H6.C2H4/c1-7-16-10-14(17-8-2)15(13(6)18)19-12(5)9-11(3)4;2*1-2/h10,12,17H,3,7-9H2,1-2,4-6H3;1-2H3;1-2H2/b15-14-,16-10?;;. The Labute approximate surface area is 143 Å². The Morgan fingerprint density at radius 2 is 1.78 bits per heavy atom.